The van der Waals surface area contributed by atoms with E-state index in [1.54, 1.807) is 20.2 Å². The van der Waals surface area contributed by atoms with Crippen molar-refractivity contribution in [1.82, 2.24) is 20.6 Å². The summed E-state index contributed by atoms with van der Waals surface area (Å²) in [6.45, 7) is 0.153. The number of carbonyl (C=O) groups is 4. The molecule has 13 heteroatoms. The zero-order chi connectivity index (χ0) is 28.4. The maximum atomic E-state index is 13.8. The van der Waals surface area contributed by atoms with Gasteiger partial charge in [0.25, 0.3) is 0 Å². The smallest absolute Gasteiger partial charge is 0.327 e. The molecule has 6 atom stereocenters. The van der Waals surface area contributed by atoms with Crippen molar-refractivity contribution >= 4 is 29.8 Å². The van der Waals surface area contributed by atoms with Gasteiger partial charge in [-0.25, -0.2) is 0 Å². The van der Waals surface area contributed by atoms with Crippen molar-refractivity contribution in [3.63, 3.8) is 0 Å². The number of carbonyl (C=O) groups excluding carboxylic acids is 4. The number of benzene rings is 1. The van der Waals surface area contributed by atoms with E-state index < -0.39 is 47.7 Å². The fourth-order valence-electron chi connectivity index (χ4n) is 5.86. The molecule has 13 nitrogen and oxygen atoms in total. The molecule has 3 heterocycles. The standard InChI is InChI=1S/C27H34N4O9/c1-30(2)20(34)7-6-16-4-3-5-17(12-16)14-31-23-25(35)39-18-13-27(23,24(40-31)22-21(18)37-15-38-22)26(36)29-9-8-19(33)28-10-11-32/h3-7,12,18,21-24,32H,8-11,13-15H2,1-2H3,(H,28,33)(H,29,36)/t18-,21-,22-,23-,24+,27-/m0/s1. The van der Waals surface area contributed by atoms with Crippen LogP contribution in [-0.2, 0) is 44.8 Å². The summed E-state index contributed by atoms with van der Waals surface area (Å²) in [6, 6.07) is 6.38. The molecule has 216 valence electrons. The normalized spacial score (nSPS) is 30.6. The first-order valence-electron chi connectivity index (χ1n) is 13.3. The number of fused-ring (bicyclic) bond motifs is 4. The van der Waals surface area contributed by atoms with Crippen LogP contribution in [-0.4, -0.2) is 110 Å². The van der Waals surface area contributed by atoms with Crippen LogP contribution in [0.3, 0.4) is 0 Å². The number of amides is 3. The lowest BCUT2D eigenvalue weighted by atomic mass is 9.62. The molecule has 0 aromatic heterocycles. The third-order valence-electron chi connectivity index (χ3n) is 7.71. The molecule has 3 aliphatic heterocycles. The van der Waals surface area contributed by atoms with Crippen molar-refractivity contribution in [2.75, 3.05) is 40.6 Å². The van der Waals surface area contributed by atoms with Crippen LogP contribution >= 0.6 is 0 Å². The SMILES string of the molecule is CN(C)C(=O)C=Cc1cccc(CN2O[C@@H]3[C@H]4OCO[C@H]4[C@@H]4C[C@]3(C(=O)NCCC(=O)NCCO)[C@@H]2C(=O)O4)c1. The largest absolute Gasteiger partial charge is 0.458 e. The highest BCUT2D eigenvalue weighted by Gasteiger charge is 2.74. The van der Waals surface area contributed by atoms with E-state index >= 15 is 0 Å². The molecule has 4 fully saturated rings. The van der Waals surface area contributed by atoms with Crippen LogP contribution in [0.5, 0.6) is 0 Å². The number of esters is 1. The first kappa shape index (κ1) is 28.2. The average Bonchev–Trinajstić information content (AvgIpc) is 3.55. The molecule has 1 aliphatic carbocycles. The van der Waals surface area contributed by atoms with Crippen LogP contribution in [0.1, 0.15) is 24.0 Å². The predicted molar refractivity (Wildman–Crippen MR) is 138 cm³/mol. The van der Waals surface area contributed by atoms with Gasteiger partial charge in [0.1, 0.15) is 36.6 Å². The zero-order valence-electron chi connectivity index (χ0n) is 22.4. The lowest BCUT2D eigenvalue weighted by Crippen LogP contribution is -2.69. The van der Waals surface area contributed by atoms with Crippen LogP contribution in [0.2, 0.25) is 0 Å². The summed E-state index contributed by atoms with van der Waals surface area (Å²) in [5, 5.41) is 15.7. The first-order chi connectivity index (χ1) is 19.2. The van der Waals surface area contributed by atoms with E-state index in [1.807, 2.05) is 24.3 Å². The number of aliphatic hydroxyl groups excluding tert-OH is 1. The Balaban J connectivity index is 1.38. The predicted octanol–water partition coefficient (Wildman–Crippen LogP) is -1.06. The summed E-state index contributed by atoms with van der Waals surface area (Å²) in [5.41, 5.74) is 0.269. The molecule has 1 aromatic carbocycles. The minimum Gasteiger partial charge on any atom is -0.458 e. The van der Waals surface area contributed by atoms with Gasteiger partial charge in [0.15, 0.2) is 6.04 Å². The van der Waals surface area contributed by atoms with Gasteiger partial charge >= 0.3 is 5.97 Å². The summed E-state index contributed by atoms with van der Waals surface area (Å²) in [7, 11) is 3.34. The number of likely N-dealkylation sites (N-methyl/N-ethyl adjacent to an activating group) is 1. The summed E-state index contributed by atoms with van der Waals surface area (Å²) >= 11 is 0. The van der Waals surface area contributed by atoms with Crippen molar-refractivity contribution in [3.8, 4) is 0 Å². The summed E-state index contributed by atoms with van der Waals surface area (Å²) in [6.07, 6.45) is 0.725. The van der Waals surface area contributed by atoms with Crippen molar-refractivity contribution in [3.05, 3.63) is 41.5 Å². The van der Waals surface area contributed by atoms with Gasteiger partial charge in [-0.3, -0.25) is 24.0 Å². The molecular weight excluding hydrogens is 524 g/mol. The number of hydroxylamine groups is 2. The third-order valence-corrected chi connectivity index (χ3v) is 7.71. The highest BCUT2D eigenvalue weighted by Crippen LogP contribution is 2.55. The van der Waals surface area contributed by atoms with E-state index in [0.29, 0.717) is 0 Å². The molecule has 4 aliphatic rings. The van der Waals surface area contributed by atoms with Crippen molar-refractivity contribution in [2.45, 2.75) is 49.8 Å². The van der Waals surface area contributed by atoms with Crippen LogP contribution in [0.4, 0.5) is 0 Å². The van der Waals surface area contributed by atoms with E-state index in [0.717, 1.165) is 11.1 Å². The number of aliphatic hydroxyl groups is 1. The van der Waals surface area contributed by atoms with Gasteiger partial charge in [-0.1, -0.05) is 24.3 Å². The van der Waals surface area contributed by atoms with Gasteiger partial charge in [0.2, 0.25) is 17.7 Å². The Kier molecular flexibility index (Phi) is 8.19. The highest BCUT2D eigenvalue weighted by molar-refractivity contribution is 5.94. The van der Waals surface area contributed by atoms with Crippen LogP contribution in [0.15, 0.2) is 30.3 Å². The molecule has 0 unspecified atom stereocenters. The van der Waals surface area contributed by atoms with Gasteiger partial charge in [0.05, 0.1) is 13.2 Å². The number of nitrogens with zero attached hydrogens (tertiary/aromatic N) is 2. The van der Waals surface area contributed by atoms with Gasteiger partial charge in [-0.05, 0) is 17.2 Å². The van der Waals surface area contributed by atoms with E-state index in [-0.39, 0.29) is 57.7 Å². The number of hydrogen-bond acceptors (Lipinski definition) is 10. The second kappa shape index (κ2) is 11.6. The fraction of sp³-hybridized carbons (Fsp3) is 0.556. The topological polar surface area (TPSA) is 156 Å². The molecule has 3 saturated heterocycles. The molecule has 0 radical (unpaired) electrons. The van der Waals surface area contributed by atoms with Gasteiger partial charge in [0, 0.05) is 46.1 Å². The Labute approximate surface area is 231 Å². The molecular formula is C27H34N4O9. The highest BCUT2D eigenvalue weighted by atomic mass is 16.8. The molecule has 3 N–H and O–H groups in total. The molecule has 1 aromatic rings. The molecule has 3 amide bonds. The van der Waals surface area contributed by atoms with Crippen molar-refractivity contribution in [1.29, 1.82) is 0 Å². The van der Waals surface area contributed by atoms with Gasteiger partial charge in [-0.2, -0.15) is 5.06 Å². The minimum absolute atomic E-state index is 0.00329. The monoisotopic (exact) mass is 558 g/mol. The lowest BCUT2D eigenvalue weighted by molar-refractivity contribution is -0.201. The van der Waals surface area contributed by atoms with Crippen LogP contribution in [0.25, 0.3) is 6.08 Å². The van der Waals surface area contributed by atoms with E-state index in [4.69, 9.17) is 24.2 Å². The van der Waals surface area contributed by atoms with Crippen LogP contribution in [0, 0.1) is 5.41 Å². The third kappa shape index (κ3) is 5.22. The van der Waals surface area contributed by atoms with Crippen molar-refractivity contribution in [2.24, 2.45) is 5.41 Å². The molecule has 5 rings (SSSR count). The average molecular weight is 559 g/mol. The summed E-state index contributed by atoms with van der Waals surface area (Å²) < 4.78 is 17.3. The summed E-state index contributed by atoms with van der Waals surface area (Å²) in [4.78, 5) is 59.0. The maximum Gasteiger partial charge on any atom is 0.327 e. The second-order valence-corrected chi connectivity index (χ2v) is 10.5. The van der Waals surface area contributed by atoms with Crippen molar-refractivity contribution < 1.29 is 43.3 Å². The molecule has 1 saturated carbocycles. The second-order valence-electron chi connectivity index (χ2n) is 10.5. The quantitative estimate of drug-likeness (QED) is 0.239. The van der Waals surface area contributed by atoms with Gasteiger partial charge in [-0.15, -0.1) is 0 Å². The Morgan fingerprint density at radius 1 is 1.18 bits per heavy atom. The number of ether oxygens (including phenoxy) is 3. The van der Waals surface area contributed by atoms with E-state index in [1.165, 1.54) is 16.0 Å². The Bertz CT molecular complexity index is 1190. The minimum atomic E-state index is -1.31. The lowest BCUT2D eigenvalue weighted by Gasteiger charge is -2.48. The number of nitrogens with one attached hydrogen (secondary N) is 2. The number of rotatable bonds is 10. The zero-order valence-corrected chi connectivity index (χ0v) is 22.4. The maximum absolute atomic E-state index is 13.8. The molecule has 2 bridgehead atoms. The Morgan fingerprint density at radius 2 is 1.98 bits per heavy atom. The first-order valence-corrected chi connectivity index (χ1v) is 13.3. The molecule has 0 spiro atoms. The van der Waals surface area contributed by atoms with E-state index in [9.17, 15) is 19.2 Å². The number of hydrogen-bond donors (Lipinski definition) is 3. The van der Waals surface area contributed by atoms with Crippen LogP contribution < -0.4 is 10.6 Å². The van der Waals surface area contributed by atoms with E-state index in [2.05, 4.69) is 10.6 Å². The molecule has 40 heavy (non-hydrogen) atoms. The summed E-state index contributed by atoms with van der Waals surface area (Å²) in [5.74, 6) is -1.47. The Hall–Kier alpha value is -3.36. The van der Waals surface area contributed by atoms with Gasteiger partial charge < -0.3 is 34.9 Å². The Morgan fingerprint density at radius 3 is 2.75 bits per heavy atom. The fourth-order valence-corrected chi connectivity index (χ4v) is 5.86.